The molecule has 0 saturated carbocycles. The highest BCUT2D eigenvalue weighted by molar-refractivity contribution is 6.30. The van der Waals surface area contributed by atoms with Crippen molar-refractivity contribution in [1.82, 2.24) is 0 Å². The average Bonchev–Trinajstić information content (AvgIpc) is 2.83. The summed E-state index contributed by atoms with van der Waals surface area (Å²) in [4.78, 5) is 0. The molecular formula is C34H37ClO. The summed E-state index contributed by atoms with van der Waals surface area (Å²) in [7, 11) is 0. The van der Waals surface area contributed by atoms with Crippen LogP contribution in [0.15, 0.2) is 91.0 Å². The van der Waals surface area contributed by atoms with Crippen molar-refractivity contribution in [3.63, 3.8) is 0 Å². The first-order valence-corrected chi connectivity index (χ1v) is 13.0. The van der Waals surface area contributed by atoms with Gasteiger partial charge in [0.2, 0.25) is 0 Å². The Hall–Kier alpha value is -2.87. The third-order valence-electron chi connectivity index (χ3n) is 7.08. The van der Waals surface area contributed by atoms with Gasteiger partial charge in [0.1, 0.15) is 5.60 Å². The van der Waals surface area contributed by atoms with Gasteiger partial charge < -0.3 is 5.11 Å². The fourth-order valence-electron chi connectivity index (χ4n) is 4.71. The normalized spacial score (nSPS) is 13.9. The lowest BCUT2D eigenvalue weighted by atomic mass is 9.79. The van der Waals surface area contributed by atoms with Gasteiger partial charge in [-0.15, -0.1) is 0 Å². The van der Waals surface area contributed by atoms with Crippen molar-refractivity contribution in [3.05, 3.63) is 118 Å². The highest BCUT2D eigenvalue weighted by atomic mass is 35.5. The summed E-state index contributed by atoms with van der Waals surface area (Å²) in [6.07, 6.45) is 0. The molecule has 0 heterocycles. The van der Waals surface area contributed by atoms with E-state index in [4.69, 9.17) is 11.6 Å². The van der Waals surface area contributed by atoms with Crippen LogP contribution in [0.25, 0.3) is 22.3 Å². The summed E-state index contributed by atoms with van der Waals surface area (Å²) in [6.45, 7) is 15.2. The Bertz CT molecular complexity index is 1350. The second-order valence-electron chi connectivity index (χ2n) is 12.0. The largest absolute Gasteiger partial charge is 0.381 e. The predicted octanol–water partition coefficient (Wildman–Crippen LogP) is 9.52. The van der Waals surface area contributed by atoms with E-state index in [-0.39, 0.29) is 10.8 Å². The Balaban J connectivity index is 1.98. The maximum Gasteiger partial charge on any atom is 0.112 e. The third-order valence-corrected chi connectivity index (χ3v) is 7.31. The minimum absolute atomic E-state index is 0.0160. The second kappa shape index (κ2) is 9.54. The van der Waals surface area contributed by atoms with Crippen LogP contribution in [-0.4, -0.2) is 5.11 Å². The van der Waals surface area contributed by atoms with E-state index < -0.39 is 5.60 Å². The highest BCUT2D eigenvalue weighted by Crippen LogP contribution is 2.43. The van der Waals surface area contributed by atoms with Gasteiger partial charge in [-0.2, -0.15) is 0 Å². The highest BCUT2D eigenvalue weighted by Gasteiger charge is 2.30. The Kier molecular flexibility index (Phi) is 6.94. The van der Waals surface area contributed by atoms with Crippen LogP contribution in [0.4, 0.5) is 0 Å². The molecule has 4 aromatic rings. The van der Waals surface area contributed by atoms with E-state index in [2.05, 4.69) is 84.0 Å². The lowest BCUT2D eigenvalue weighted by molar-refractivity contribution is 0.103. The molecule has 0 saturated heterocycles. The molecule has 2 heteroatoms. The van der Waals surface area contributed by atoms with E-state index in [0.29, 0.717) is 5.02 Å². The molecule has 36 heavy (non-hydrogen) atoms. The van der Waals surface area contributed by atoms with E-state index in [0.717, 1.165) is 33.4 Å². The molecule has 0 amide bonds. The monoisotopic (exact) mass is 496 g/mol. The van der Waals surface area contributed by atoms with E-state index in [1.54, 1.807) is 0 Å². The molecule has 4 rings (SSSR count). The summed E-state index contributed by atoms with van der Waals surface area (Å²) in [5.41, 5.74) is 7.39. The summed E-state index contributed by atoms with van der Waals surface area (Å²) < 4.78 is 0. The van der Waals surface area contributed by atoms with Crippen LogP contribution in [0.2, 0.25) is 5.02 Å². The molecule has 1 nitrogen and oxygen atoms in total. The van der Waals surface area contributed by atoms with Crippen molar-refractivity contribution >= 4 is 11.6 Å². The standard InChI is InChI=1S/C34H37ClO/c1-32(2,3)24-15-13-23(14-16-24)28-19-17-26(33(4,5)6)21-30(28)29-20-18-27(35)22-31(29)34(7,36)25-11-9-8-10-12-25/h8-22,36H,1-7H3. The van der Waals surface area contributed by atoms with Gasteiger partial charge in [0.15, 0.2) is 0 Å². The topological polar surface area (TPSA) is 20.2 Å². The summed E-state index contributed by atoms with van der Waals surface area (Å²) in [5.74, 6) is 0. The molecule has 0 spiro atoms. The molecular weight excluding hydrogens is 460 g/mol. The molecule has 186 valence electrons. The van der Waals surface area contributed by atoms with Crippen LogP contribution >= 0.6 is 11.6 Å². The Morgan fingerprint density at radius 2 is 1.08 bits per heavy atom. The lowest BCUT2D eigenvalue weighted by Crippen LogP contribution is -2.24. The van der Waals surface area contributed by atoms with Gasteiger partial charge in [-0.3, -0.25) is 0 Å². The zero-order valence-electron chi connectivity index (χ0n) is 22.5. The SMILES string of the molecule is CC(C)(C)c1ccc(-c2ccc(C(C)(C)C)cc2-c2ccc(Cl)cc2C(C)(O)c2ccccc2)cc1. The number of aliphatic hydroxyl groups is 1. The van der Waals surface area contributed by atoms with Crippen molar-refractivity contribution in [2.24, 2.45) is 0 Å². The minimum atomic E-state index is -1.22. The van der Waals surface area contributed by atoms with Crippen molar-refractivity contribution in [1.29, 1.82) is 0 Å². The molecule has 0 radical (unpaired) electrons. The van der Waals surface area contributed by atoms with Gasteiger partial charge in [-0.05, 0) is 80.5 Å². The zero-order chi connectivity index (χ0) is 26.3. The molecule has 0 aliphatic carbocycles. The molecule has 0 aromatic heterocycles. The predicted molar refractivity (Wildman–Crippen MR) is 155 cm³/mol. The van der Waals surface area contributed by atoms with Crippen LogP contribution in [0.3, 0.4) is 0 Å². The molecule has 1 atom stereocenters. The van der Waals surface area contributed by atoms with Crippen molar-refractivity contribution in [3.8, 4) is 22.3 Å². The van der Waals surface area contributed by atoms with Crippen LogP contribution < -0.4 is 0 Å². The molecule has 0 fully saturated rings. The number of benzene rings is 4. The van der Waals surface area contributed by atoms with Crippen molar-refractivity contribution in [2.45, 2.75) is 64.9 Å². The van der Waals surface area contributed by atoms with E-state index in [1.165, 1.54) is 11.1 Å². The molecule has 0 aliphatic rings. The Morgan fingerprint density at radius 3 is 1.67 bits per heavy atom. The van der Waals surface area contributed by atoms with Crippen LogP contribution in [0.1, 0.15) is 70.7 Å². The zero-order valence-corrected chi connectivity index (χ0v) is 23.2. The van der Waals surface area contributed by atoms with E-state index >= 15 is 0 Å². The fraction of sp³-hybridized carbons (Fsp3) is 0.294. The number of hydrogen-bond acceptors (Lipinski definition) is 1. The smallest absolute Gasteiger partial charge is 0.112 e. The molecule has 1 unspecified atom stereocenters. The minimum Gasteiger partial charge on any atom is -0.381 e. The number of halogens is 1. The maximum atomic E-state index is 11.9. The number of hydrogen-bond donors (Lipinski definition) is 1. The molecule has 0 aliphatic heterocycles. The first-order chi connectivity index (χ1) is 16.8. The summed E-state index contributed by atoms with van der Waals surface area (Å²) >= 11 is 6.51. The van der Waals surface area contributed by atoms with Gasteiger partial charge in [0.25, 0.3) is 0 Å². The first kappa shape index (κ1) is 26.2. The van der Waals surface area contributed by atoms with Crippen molar-refractivity contribution in [2.75, 3.05) is 0 Å². The fourth-order valence-corrected chi connectivity index (χ4v) is 4.88. The Morgan fingerprint density at radius 1 is 0.528 bits per heavy atom. The summed E-state index contributed by atoms with van der Waals surface area (Å²) in [6, 6.07) is 31.2. The molecule has 1 N–H and O–H groups in total. The van der Waals surface area contributed by atoms with Crippen LogP contribution in [0.5, 0.6) is 0 Å². The third kappa shape index (κ3) is 5.28. The second-order valence-corrected chi connectivity index (χ2v) is 12.4. The van der Waals surface area contributed by atoms with Crippen LogP contribution in [-0.2, 0) is 16.4 Å². The van der Waals surface area contributed by atoms with Gasteiger partial charge in [-0.25, -0.2) is 0 Å². The quantitative estimate of drug-likeness (QED) is 0.298. The van der Waals surface area contributed by atoms with Gasteiger partial charge in [0, 0.05) is 5.02 Å². The van der Waals surface area contributed by atoms with Gasteiger partial charge in [-0.1, -0.05) is 126 Å². The van der Waals surface area contributed by atoms with Gasteiger partial charge >= 0.3 is 0 Å². The van der Waals surface area contributed by atoms with Crippen molar-refractivity contribution < 1.29 is 5.11 Å². The molecule has 0 bridgehead atoms. The summed E-state index contributed by atoms with van der Waals surface area (Å²) in [5, 5.41) is 12.5. The maximum absolute atomic E-state index is 11.9. The van der Waals surface area contributed by atoms with Crippen LogP contribution in [0, 0.1) is 0 Å². The van der Waals surface area contributed by atoms with E-state index in [1.807, 2.05) is 55.5 Å². The number of rotatable bonds is 4. The molecule has 4 aromatic carbocycles. The van der Waals surface area contributed by atoms with E-state index in [9.17, 15) is 5.11 Å². The Labute approximate surface area is 221 Å². The first-order valence-electron chi connectivity index (χ1n) is 12.6. The van der Waals surface area contributed by atoms with Gasteiger partial charge in [0.05, 0.1) is 0 Å². The lowest BCUT2D eigenvalue weighted by Gasteiger charge is -2.29. The average molecular weight is 497 g/mol.